The van der Waals surface area contributed by atoms with Crippen LogP contribution in [0.25, 0.3) is 0 Å². The number of aromatic nitrogens is 2. The topological polar surface area (TPSA) is 83.1 Å². The van der Waals surface area contributed by atoms with Gasteiger partial charge in [0.2, 0.25) is 0 Å². The fourth-order valence-electron chi connectivity index (χ4n) is 3.40. The molecule has 0 spiro atoms. The maximum Gasteiger partial charge on any atom is 0.273 e. The highest BCUT2D eigenvalue weighted by molar-refractivity contribution is 6.05. The molecule has 1 aromatic rings. The number of nitrogens with zero attached hydrogens (tertiary/aromatic N) is 4. The molecule has 3 aliphatic rings. The fraction of sp³-hybridized carbons (Fsp3) is 0.375. The minimum Gasteiger partial charge on any atom is -0.317 e. The van der Waals surface area contributed by atoms with Gasteiger partial charge in [0.15, 0.2) is 0 Å². The van der Waals surface area contributed by atoms with Gasteiger partial charge in [-0.05, 0) is 38.1 Å². The smallest absolute Gasteiger partial charge is 0.273 e. The number of nitrogens with one attached hydrogen (secondary N) is 1. The van der Waals surface area contributed by atoms with Crippen LogP contribution in [0.4, 0.5) is 0 Å². The molecule has 1 fully saturated rings. The largest absolute Gasteiger partial charge is 0.317 e. The molecule has 0 amide bonds. The number of hydrogen-bond donors (Lipinski definition) is 1. The number of hydrogen-bond acceptors (Lipinski definition) is 5. The highest BCUT2D eigenvalue weighted by atomic mass is 16.1. The second-order valence-corrected chi connectivity index (χ2v) is 5.76. The highest BCUT2D eigenvalue weighted by Gasteiger charge is 2.35. The first-order chi connectivity index (χ1) is 10.8. The quantitative estimate of drug-likeness (QED) is 0.838. The zero-order chi connectivity index (χ0) is 15.1. The van der Waals surface area contributed by atoms with Gasteiger partial charge in [-0.25, -0.2) is 4.68 Å². The molecule has 4 rings (SSSR count). The minimum atomic E-state index is -0.302. The number of piperidine rings is 1. The zero-order valence-corrected chi connectivity index (χ0v) is 12.0. The van der Waals surface area contributed by atoms with Gasteiger partial charge in [0.1, 0.15) is 5.82 Å². The Labute approximate surface area is 127 Å². The van der Waals surface area contributed by atoms with E-state index in [0.29, 0.717) is 17.3 Å². The van der Waals surface area contributed by atoms with Crippen molar-refractivity contribution < 1.29 is 0 Å². The summed E-state index contributed by atoms with van der Waals surface area (Å²) in [5.74, 6) is 0.580. The van der Waals surface area contributed by atoms with Gasteiger partial charge in [-0.2, -0.15) is 15.3 Å². The molecule has 1 aliphatic carbocycles. The summed E-state index contributed by atoms with van der Waals surface area (Å²) in [5, 5.41) is 17.3. The average molecular weight is 293 g/mol. The molecule has 22 heavy (non-hydrogen) atoms. The maximum absolute atomic E-state index is 12.1. The van der Waals surface area contributed by atoms with Crippen LogP contribution in [0.3, 0.4) is 0 Å². The van der Waals surface area contributed by atoms with E-state index in [0.717, 1.165) is 37.3 Å². The van der Waals surface area contributed by atoms with E-state index in [1.807, 2.05) is 12.2 Å². The molecule has 3 heterocycles. The summed E-state index contributed by atoms with van der Waals surface area (Å²) < 4.78 is 1.79. The van der Waals surface area contributed by atoms with Gasteiger partial charge in [0.25, 0.3) is 5.56 Å². The van der Waals surface area contributed by atoms with Crippen LogP contribution >= 0.6 is 0 Å². The number of fused-ring (bicyclic) bond motifs is 3. The molecule has 2 aliphatic heterocycles. The van der Waals surface area contributed by atoms with Crippen LogP contribution in [-0.4, -0.2) is 28.5 Å². The van der Waals surface area contributed by atoms with Gasteiger partial charge >= 0.3 is 0 Å². The lowest BCUT2D eigenvalue weighted by molar-refractivity contribution is 0.439. The lowest BCUT2D eigenvalue weighted by Gasteiger charge is -2.24. The van der Waals surface area contributed by atoms with E-state index in [1.165, 1.54) is 0 Å². The van der Waals surface area contributed by atoms with Gasteiger partial charge in [0.05, 0.1) is 23.4 Å². The van der Waals surface area contributed by atoms with Crippen LogP contribution in [0.1, 0.15) is 36.2 Å². The first-order valence-electron chi connectivity index (χ1n) is 7.50. The van der Waals surface area contributed by atoms with Crippen LogP contribution in [0.5, 0.6) is 0 Å². The summed E-state index contributed by atoms with van der Waals surface area (Å²) in [4.78, 5) is 16.2. The Morgan fingerprint density at radius 3 is 2.95 bits per heavy atom. The maximum atomic E-state index is 12.1. The standard InChI is InChI=1S/C16H15N5O/c17-9-11-2-1-3-12-15(11)16-19-14(22)8-13(21(16)20-12)10-4-6-18-7-5-10/h1-3,8,10,15,18H,4-7H2. The van der Waals surface area contributed by atoms with E-state index < -0.39 is 0 Å². The zero-order valence-electron chi connectivity index (χ0n) is 12.0. The molecule has 0 saturated carbocycles. The summed E-state index contributed by atoms with van der Waals surface area (Å²) in [6, 6.07) is 3.80. The number of nitriles is 1. The van der Waals surface area contributed by atoms with Crippen molar-refractivity contribution in [3.63, 3.8) is 0 Å². The Bertz CT molecular complexity index is 818. The molecule has 1 unspecified atom stereocenters. The van der Waals surface area contributed by atoms with Crippen molar-refractivity contribution in [3.05, 3.63) is 51.7 Å². The molecule has 6 heteroatoms. The molecular formula is C16H15N5O. The van der Waals surface area contributed by atoms with Crippen molar-refractivity contribution in [1.82, 2.24) is 15.0 Å². The Hall–Kier alpha value is -2.52. The van der Waals surface area contributed by atoms with Crippen molar-refractivity contribution in [1.29, 1.82) is 5.26 Å². The highest BCUT2D eigenvalue weighted by Crippen LogP contribution is 2.35. The van der Waals surface area contributed by atoms with Crippen molar-refractivity contribution in [2.45, 2.75) is 24.7 Å². The minimum absolute atomic E-state index is 0.247. The van der Waals surface area contributed by atoms with Crippen LogP contribution < -0.4 is 10.9 Å². The molecule has 0 bridgehead atoms. The molecule has 1 aromatic heterocycles. The molecule has 1 saturated heterocycles. The predicted molar refractivity (Wildman–Crippen MR) is 81.8 cm³/mol. The second-order valence-electron chi connectivity index (χ2n) is 5.76. The Kier molecular flexibility index (Phi) is 3.01. The van der Waals surface area contributed by atoms with E-state index in [1.54, 1.807) is 16.8 Å². The molecule has 0 radical (unpaired) electrons. The third-order valence-electron chi connectivity index (χ3n) is 4.47. The SMILES string of the molecule is N#CC1=CC=CC2=Nn3c(C4CCNCC4)cc(=O)nc3C12. The summed E-state index contributed by atoms with van der Waals surface area (Å²) in [7, 11) is 0. The predicted octanol–water partition coefficient (Wildman–Crippen LogP) is 1.03. The van der Waals surface area contributed by atoms with Crippen LogP contribution in [-0.2, 0) is 0 Å². The fourth-order valence-corrected chi connectivity index (χ4v) is 3.40. The van der Waals surface area contributed by atoms with E-state index in [4.69, 9.17) is 0 Å². The van der Waals surface area contributed by atoms with E-state index in [-0.39, 0.29) is 11.5 Å². The summed E-state index contributed by atoms with van der Waals surface area (Å²) in [6.07, 6.45) is 7.44. The lowest BCUT2D eigenvalue weighted by Crippen LogP contribution is -2.29. The number of rotatable bonds is 1. The van der Waals surface area contributed by atoms with Crippen molar-refractivity contribution in [2.75, 3.05) is 13.1 Å². The Morgan fingerprint density at radius 1 is 1.36 bits per heavy atom. The second kappa shape index (κ2) is 5.04. The monoisotopic (exact) mass is 293 g/mol. The third kappa shape index (κ3) is 1.94. The van der Waals surface area contributed by atoms with Gasteiger partial charge in [-0.15, -0.1) is 0 Å². The first-order valence-corrected chi connectivity index (χ1v) is 7.50. The van der Waals surface area contributed by atoms with Crippen molar-refractivity contribution >= 4 is 5.71 Å². The first kappa shape index (κ1) is 13.2. The van der Waals surface area contributed by atoms with E-state index >= 15 is 0 Å². The lowest BCUT2D eigenvalue weighted by atomic mass is 9.90. The summed E-state index contributed by atoms with van der Waals surface area (Å²) in [5.41, 5.74) is 2.04. The van der Waals surface area contributed by atoms with E-state index in [2.05, 4.69) is 21.5 Å². The number of allylic oxidation sites excluding steroid dienone is 4. The molecular weight excluding hydrogens is 278 g/mol. The third-order valence-corrected chi connectivity index (χ3v) is 4.47. The summed E-state index contributed by atoms with van der Waals surface area (Å²) in [6.45, 7) is 1.89. The summed E-state index contributed by atoms with van der Waals surface area (Å²) >= 11 is 0. The molecule has 110 valence electrons. The average Bonchev–Trinajstić information content (AvgIpc) is 2.93. The van der Waals surface area contributed by atoms with Gasteiger partial charge in [0, 0.05) is 17.6 Å². The normalized spacial score (nSPS) is 23.3. The Morgan fingerprint density at radius 2 is 2.18 bits per heavy atom. The van der Waals surface area contributed by atoms with Crippen LogP contribution in [0.2, 0.25) is 0 Å². The molecule has 0 aromatic carbocycles. The molecule has 1 N–H and O–H groups in total. The van der Waals surface area contributed by atoms with Crippen molar-refractivity contribution in [3.8, 4) is 6.07 Å². The molecule has 6 nitrogen and oxygen atoms in total. The molecule has 1 atom stereocenters. The van der Waals surface area contributed by atoms with E-state index in [9.17, 15) is 10.1 Å². The van der Waals surface area contributed by atoms with Gasteiger partial charge in [-0.3, -0.25) is 4.79 Å². The van der Waals surface area contributed by atoms with Crippen LogP contribution in [0.15, 0.2) is 39.8 Å². The van der Waals surface area contributed by atoms with Gasteiger partial charge < -0.3 is 5.32 Å². The Balaban J connectivity index is 1.87. The van der Waals surface area contributed by atoms with Gasteiger partial charge in [-0.1, -0.05) is 6.08 Å². The van der Waals surface area contributed by atoms with Crippen molar-refractivity contribution in [2.24, 2.45) is 5.10 Å². The van der Waals surface area contributed by atoms with Crippen LogP contribution in [0, 0.1) is 11.3 Å².